The molecule has 10 atom stereocenters. The van der Waals surface area contributed by atoms with Crippen molar-refractivity contribution in [3.8, 4) is 0 Å². The molecule has 6 heteroatoms. The van der Waals surface area contributed by atoms with E-state index in [0.29, 0.717) is 58.3 Å². The fourth-order valence-electron chi connectivity index (χ4n) is 7.33. The van der Waals surface area contributed by atoms with Crippen molar-refractivity contribution in [1.82, 2.24) is 0 Å². The zero-order valence-corrected chi connectivity index (χ0v) is 28.6. The molecule has 2 fully saturated rings. The Morgan fingerprint density at radius 2 is 1.95 bits per heavy atom. The van der Waals surface area contributed by atoms with Gasteiger partial charge in [-0.15, -0.1) is 13.0 Å². The predicted octanol–water partition coefficient (Wildman–Crippen LogP) is 9.53. The molecule has 0 N–H and O–H groups in total. The van der Waals surface area contributed by atoms with Crippen LogP contribution in [0.5, 0.6) is 0 Å². The van der Waals surface area contributed by atoms with Gasteiger partial charge in [-0.05, 0) is 55.5 Å². The molecule has 0 aromatic carbocycles. The van der Waals surface area contributed by atoms with Gasteiger partial charge in [0.1, 0.15) is 0 Å². The first kappa shape index (κ1) is 27.4. The molecule has 41 heavy (non-hydrogen) atoms. The zero-order valence-electron chi connectivity index (χ0n) is 28.4. The van der Waals surface area contributed by atoms with Gasteiger partial charge in [-0.1, -0.05) is 77.5 Å². The average Bonchev–Trinajstić information content (AvgIpc) is 3.50. The number of aliphatic imine (C=N–C) groups is 1. The average molecular weight is 755 g/mol. The van der Waals surface area contributed by atoms with Crippen molar-refractivity contribution in [3.05, 3.63) is 63.6 Å². The Kier molecular flexibility index (Phi) is 8.88. The molecule has 5 unspecified atom stereocenters. The van der Waals surface area contributed by atoms with Crippen LogP contribution in [-0.2, 0) is 24.8 Å². The number of allylic oxidation sites excluding steroid dienone is 6. The van der Waals surface area contributed by atoms with Crippen LogP contribution < -0.4 is 0 Å². The summed E-state index contributed by atoms with van der Waals surface area (Å²) in [4.78, 5) is 4.52. The summed E-state index contributed by atoms with van der Waals surface area (Å²) in [6, 6.07) is 0. The van der Waals surface area contributed by atoms with E-state index in [1.54, 1.807) is 0 Å². The first-order valence-corrected chi connectivity index (χ1v) is 16.8. The van der Waals surface area contributed by atoms with Crippen LogP contribution in [0.15, 0.2) is 45.4 Å². The van der Waals surface area contributed by atoms with Crippen LogP contribution in [0.1, 0.15) is 96.9 Å². The van der Waals surface area contributed by atoms with Gasteiger partial charge in [0.2, 0.25) is 0 Å². The first-order chi connectivity index (χ1) is 20.5. The van der Waals surface area contributed by atoms with Gasteiger partial charge < -0.3 is 21.1 Å². The Bertz CT molecular complexity index is 1230. The van der Waals surface area contributed by atoms with Gasteiger partial charge in [-0.3, -0.25) is 16.8 Å². The van der Waals surface area contributed by atoms with Crippen LogP contribution >= 0.6 is 11.8 Å². The predicted molar refractivity (Wildman–Crippen MR) is 169 cm³/mol. The largest absolute Gasteiger partial charge is 0.769 e. The Morgan fingerprint density at radius 3 is 2.71 bits per heavy atom. The second-order valence-electron chi connectivity index (χ2n) is 13.4. The van der Waals surface area contributed by atoms with E-state index in [4.69, 9.17) is 14.2 Å². The van der Waals surface area contributed by atoms with Gasteiger partial charge >= 0.3 is 0 Å². The Hall–Kier alpha value is -1.10. The summed E-state index contributed by atoms with van der Waals surface area (Å²) in [5.74, 6) is 5.23. The molecule has 7 aliphatic rings. The van der Waals surface area contributed by atoms with E-state index >= 15 is 0 Å². The summed E-state index contributed by atoms with van der Waals surface area (Å²) in [6.07, 6.45) is 18.3. The van der Waals surface area contributed by atoms with E-state index in [-0.39, 0.29) is 26.3 Å². The molecule has 0 aromatic heterocycles. The molecule has 4 nitrogen and oxygen atoms in total. The SMILES string of the molecule is C[C@H]1C[C-]=C(C2=C[C@H](C)[C@H](C)C[N-]2)CC1.[2H]C([2H])([2H])C1=NC2OC3=C(C4=CCC5C([N-]4)S[C@H](C)[C@@H]5C)[CH-]CCC3C2CC1.[Ir]. The topological polar surface area (TPSA) is 49.8 Å². The molecular formula is C35H49IrN3OS-4. The minimum absolute atomic E-state index is 0. The number of nitrogens with zero attached hydrogens (tertiary/aromatic N) is 3. The van der Waals surface area contributed by atoms with Crippen molar-refractivity contribution in [2.75, 3.05) is 6.54 Å². The zero-order chi connectivity index (χ0) is 30.5. The fraction of sp³-hybridized carbons (Fsp3) is 0.714. The van der Waals surface area contributed by atoms with Crippen molar-refractivity contribution in [1.29, 1.82) is 0 Å². The van der Waals surface area contributed by atoms with Crippen molar-refractivity contribution < 1.29 is 29.0 Å². The molecule has 5 heterocycles. The van der Waals surface area contributed by atoms with Crippen LogP contribution in [0.3, 0.4) is 0 Å². The van der Waals surface area contributed by atoms with Crippen LogP contribution in [0, 0.1) is 53.9 Å². The Labute approximate surface area is 271 Å². The summed E-state index contributed by atoms with van der Waals surface area (Å²) >= 11 is 2.00. The second-order valence-corrected chi connectivity index (χ2v) is 14.9. The Morgan fingerprint density at radius 1 is 1.10 bits per heavy atom. The summed E-state index contributed by atoms with van der Waals surface area (Å²) < 4.78 is 29.4. The molecule has 0 aromatic rings. The van der Waals surface area contributed by atoms with Gasteiger partial charge in [-0.25, -0.2) is 5.57 Å². The third-order valence-electron chi connectivity index (χ3n) is 10.5. The van der Waals surface area contributed by atoms with Crippen LogP contribution in [0.4, 0.5) is 0 Å². The summed E-state index contributed by atoms with van der Waals surface area (Å²) in [5, 5.41) is 10.8. The summed E-state index contributed by atoms with van der Waals surface area (Å²) in [5.41, 5.74) is 5.20. The molecule has 229 valence electrons. The maximum absolute atomic E-state index is 7.68. The minimum atomic E-state index is -2.10. The number of hydrogen-bond donors (Lipinski definition) is 0. The standard InChI is InChI=1S/C21H28N2OS.C14H21N.Ir/c1-11-7-8-16-15-5-4-6-17(19(15)24-20(16)22-11)18-10-9-14-12(2)13(3)25-21(14)23-18;1-10-4-6-13(7-5-10)14-8-11(2)12(3)9-15-14;/h6,10,12-16,20-21H,4-5,7-9H2,1-3H3;8,10-12H,4-6,9H2,1-3H3;/q2*-2;/t12-,13+,14?,15?,16?,20?,21?;10-,11+,12-;/m01./s1/i1D3;;. The van der Waals surface area contributed by atoms with Crippen LogP contribution in [0.2, 0.25) is 0 Å². The Balaban J connectivity index is 0.000000204. The molecule has 0 spiro atoms. The van der Waals surface area contributed by atoms with Crippen molar-refractivity contribution in [3.63, 3.8) is 0 Å². The van der Waals surface area contributed by atoms with E-state index in [1.807, 2.05) is 11.8 Å². The molecule has 2 aliphatic carbocycles. The van der Waals surface area contributed by atoms with E-state index < -0.39 is 6.85 Å². The molecule has 5 aliphatic heterocycles. The summed E-state index contributed by atoms with van der Waals surface area (Å²) in [7, 11) is 0. The van der Waals surface area contributed by atoms with Crippen LogP contribution in [0.25, 0.3) is 10.6 Å². The number of hydrogen-bond acceptors (Lipinski definition) is 3. The maximum atomic E-state index is 7.68. The van der Waals surface area contributed by atoms with E-state index in [9.17, 15) is 0 Å². The molecular weight excluding hydrogens is 703 g/mol. The summed E-state index contributed by atoms with van der Waals surface area (Å²) in [6.45, 7) is 10.4. The molecule has 7 rings (SSSR count). The number of thioether (sulfide) groups is 1. The van der Waals surface area contributed by atoms with E-state index in [2.05, 4.69) is 69.6 Å². The van der Waals surface area contributed by atoms with Gasteiger partial charge in [0.15, 0.2) is 6.23 Å². The number of fused-ring (bicyclic) bond motifs is 4. The van der Waals surface area contributed by atoms with Gasteiger partial charge in [0, 0.05) is 41.1 Å². The maximum Gasteiger partial charge on any atom is 0.177 e. The van der Waals surface area contributed by atoms with E-state index in [1.165, 1.54) is 24.1 Å². The van der Waals surface area contributed by atoms with Crippen molar-refractivity contribution in [2.24, 2.45) is 46.4 Å². The monoisotopic (exact) mass is 755 g/mol. The third kappa shape index (κ3) is 6.55. The molecule has 0 bridgehead atoms. The van der Waals surface area contributed by atoms with Crippen molar-refractivity contribution in [2.45, 2.75) is 110 Å². The quantitative estimate of drug-likeness (QED) is 0.264. The van der Waals surface area contributed by atoms with Crippen LogP contribution in [-0.4, -0.2) is 29.1 Å². The van der Waals surface area contributed by atoms with Crippen molar-refractivity contribution >= 4 is 17.5 Å². The van der Waals surface area contributed by atoms with E-state index in [0.717, 1.165) is 61.6 Å². The van der Waals surface area contributed by atoms with Gasteiger partial charge in [0.05, 0.1) is 0 Å². The molecule has 2 saturated heterocycles. The molecule has 0 saturated carbocycles. The number of ether oxygens (including phenoxy) is 1. The second kappa shape index (κ2) is 13.3. The molecule has 1 radical (unpaired) electrons. The van der Waals surface area contributed by atoms with Gasteiger partial charge in [0.25, 0.3) is 0 Å². The first-order valence-electron chi connectivity index (χ1n) is 17.4. The normalized spacial score (nSPS) is 42.4. The third-order valence-corrected chi connectivity index (χ3v) is 12.1. The minimum Gasteiger partial charge on any atom is -0.769 e. The number of rotatable bonds is 2. The fourth-order valence-corrected chi connectivity index (χ4v) is 8.95. The molecule has 0 amide bonds. The smallest absolute Gasteiger partial charge is 0.177 e. The van der Waals surface area contributed by atoms with Gasteiger partial charge in [-0.2, -0.15) is 35.9 Å².